The molecule has 1 aromatic rings. The third kappa shape index (κ3) is 2.13. The second-order valence-corrected chi connectivity index (χ2v) is 6.46. The zero-order valence-electron chi connectivity index (χ0n) is 11.6. The lowest BCUT2D eigenvalue weighted by Gasteiger charge is -2.41. The number of nitrogens with zero attached hydrogens (tertiary/aromatic N) is 2. The third-order valence-corrected chi connectivity index (χ3v) is 4.13. The second-order valence-electron chi connectivity index (χ2n) is 6.46. The van der Waals surface area contributed by atoms with E-state index in [-0.39, 0.29) is 5.41 Å². The zero-order chi connectivity index (χ0) is 12.7. The molecule has 17 heavy (non-hydrogen) atoms. The monoisotopic (exact) mass is 235 g/mol. The fourth-order valence-electron chi connectivity index (χ4n) is 2.84. The van der Waals surface area contributed by atoms with Gasteiger partial charge >= 0.3 is 0 Å². The lowest BCUT2D eigenvalue weighted by molar-refractivity contribution is 0.215. The maximum atomic E-state index is 5.77. The van der Waals surface area contributed by atoms with Crippen LogP contribution in [0.4, 0.5) is 0 Å². The molecule has 3 heteroatoms. The highest BCUT2D eigenvalue weighted by atomic mass is 15.3. The molecule has 1 heterocycles. The van der Waals surface area contributed by atoms with Crippen molar-refractivity contribution in [3.63, 3.8) is 0 Å². The molecule has 0 bridgehead atoms. The van der Waals surface area contributed by atoms with Gasteiger partial charge in [0.2, 0.25) is 0 Å². The summed E-state index contributed by atoms with van der Waals surface area (Å²) in [6.45, 7) is 7.43. The molecule has 1 aliphatic carbocycles. The number of nitrogens with two attached hydrogens (primary N) is 1. The molecule has 0 amide bonds. The van der Waals surface area contributed by atoms with Crippen molar-refractivity contribution in [1.82, 2.24) is 9.78 Å². The van der Waals surface area contributed by atoms with E-state index >= 15 is 0 Å². The molecule has 2 rings (SSSR count). The number of hydrogen-bond acceptors (Lipinski definition) is 2. The van der Waals surface area contributed by atoms with Crippen molar-refractivity contribution in [2.75, 3.05) is 6.54 Å². The van der Waals surface area contributed by atoms with E-state index < -0.39 is 0 Å². The Morgan fingerprint density at radius 3 is 2.41 bits per heavy atom. The first-order chi connectivity index (χ1) is 7.89. The van der Waals surface area contributed by atoms with E-state index in [1.807, 2.05) is 0 Å². The molecule has 3 nitrogen and oxygen atoms in total. The van der Waals surface area contributed by atoms with Gasteiger partial charge < -0.3 is 5.73 Å². The van der Waals surface area contributed by atoms with Gasteiger partial charge in [-0.1, -0.05) is 27.2 Å². The van der Waals surface area contributed by atoms with E-state index in [9.17, 15) is 0 Å². The predicted molar refractivity (Wildman–Crippen MR) is 71.1 cm³/mol. The topological polar surface area (TPSA) is 43.8 Å². The Labute approximate surface area is 104 Å². The summed E-state index contributed by atoms with van der Waals surface area (Å²) in [5.74, 6) is 0. The largest absolute Gasteiger partial charge is 0.330 e. The minimum absolute atomic E-state index is 0.129. The molecule has 0 aromatic carbocycles. The smallest absolute Gasteiger partial charge is 0.0680 e. The second kappa shape index (κ2) is 4.13. The number of rotatable bonds is 3. The molecular weight excluding hydrogens is 210 g/mol. The highest BCUT2D eigenvalue weighted by molar-refractivity contribution is 5.26. The first-order valence-corrected chi connectivity index (χ1v) is 6.64. The molecule has 0 aliphatic heterocycles. The zero-order valence-corrected chi connectivity index (χ0v) is 11.6. The Kier molecular flexibility index (Phi) is 3.06. The van der Waals surface area contributed by atoms with E-state index in [2.05, 4.69) is 43.7 Å². The van der Waals surface area contributed by atoms with Crippen molar-refractivity contribution < 1.29 is 0 Å². The van der Waals surface area contributed by atoms with E-state index in [0.29, 0.717) is 5.41 Å². The van der Waals surface area contributed by atoms with Gasteiger partial charge in [0.1, 0.15) is 0 Å². The Balaban J connectivity index is 2.35. The number of aromatic nitrogens is 2. The summed E-state index contributed by atoms with van der Waals surface area (Å²) in [6.07, 6.45) is 4.97. The minimum atomic E-state index is 0.129. The van der Waals surface area contributed by atoms with E-state index in [1.54, 1.807) is 0 Å². The van der Waals surface area contributed by atoms with Crippen molar-refractivity contribution >= 4 is 0 Å². The molecule has 0 unspecified atom stereocenters. The fraction of sp³-hybridized carbons (Fsp3) is 0.786. The van der Waals surface area contributed by atoms with Crippen LogP contribution in [0.5, 0.6) is 0 Å². The fourth-order valence-corrected chi connectivity index (χ4v) is 2.84. The van der Waals surface area contributed by atoms with Crippen molar-refractivity contribution in [2.24, 2.45) is 12.8 Å². The average molecular weight is 235 g/mol. The van der Waals surface area contributed by atoms with Crippen molar-refractivity contribution in [1.29, 1.82) is 0 Å². The minimum Gasteiger partial charge on any atom is -0.330 e. The molecule has 1 aromatic heterocycles. The van der Waals surface area contributed by atoms with Crippen LogP contribution in [0.25, 0.3) is 0 Å². The molecule has 96 valence electrons. The summed E-state index contributed by atoms with van der Waals surface area (Å²) in [7, 11) is 2.07. The van der Waals surface area contributed by atoms with Gasteiger partial charge in [-0.15, -0.1) is 0 Å². The first kappa shape index (κ1) is 12.6. The molecule has 0 saturated heterocycles. The summed E-state index contributed by atoms with van der Waals surface area (Å²) >= 11 is 0. The maximum absolute atomic E-state index is 5.77. The molecular formula is C14H25N3. The summed E-state index contributed by atoms with van der Waals surface area (Å²) in [5, 5.41) is 4.69. The van der Waals surface area contributed by atoms with Crippen LogP contribution < -0.4 is 5.73 Å². The Morgan fingerprint density at radius 2 is 2.06 bits per heavy atom. The average Bonchev–Trinajstić information content (AvgIpc) is 2.54. The Morgan fingerprint density at radius 1 is 1.41 bits per heavy atom. The van der Waals surface area contributed by atoms with Crippen LogP contribution in [0, 0.1) is 0 Å². The van der Waals surface area contributed by atoms with Crippen molar-refractivity contribution in [3.05, 3.63) is 17.5 Å². The van der Waals surface area contributed by atoms with Crippen LogP contribution in [0.1, 0.15) is 57.8 Å². The molecule has 0 spiro atoms. The van der Waals surface area contributed by atoms with Crippen molar-refractivity contribution in [3.8, 4) is 0 Å². The van der Waals surface area contributed by atoms with Crippen LogP contribution in [-0.2, 0) is 17.9 Å². The van der Waals surface area contributed by atoms with Crippen LogP contribution in [-0.4, -0.2) is 16.3 Å². The van der Waals surface area contributed by atoms with Crippen LogP contribution in [0.2, 0.25) is 0 Å². The standard InChI is InChI=1S/C14H25N3/c1-13(2,3)11-10-12(17(4)16-11)14(8-9-15)6-5-7-14/h10H,5-9,15H2,1-4H3. The quantitative estimate of drug-likeness (QED) is 0.874. The van der Waals surface area contributed by atoms with Crippen LogP contribution in [0.3, 0.4) is 0 Å². The molecule has 0 atom stereocenters. The number of aryl methyl sites for hydroxylation is 1. The van der Waals surface area contributed by atoms with E-state index in [1.165, 1.54) is 30.7 Å². The van der Waals surface area contributed by atoms with Gasteiger partial charge in [0.05, 0.1) is 5.69 Å². The SMILES string of the molecule is Cn1nc(C(C)(C)C)cc1C1(CCN)CCC1. The lowest BCUT2D eigenvalue weighted by Crippen LogP contribution is -2.38. The van der Waals surface area contributed by atoms with Crippen LogP contribution >= 0.6 is 0 Å². The summed E-state index contributed by atoms with van der Waals surface area (Å²) < 4.78 is 2.08. The summed E-state index contributed by atoms with van der Waals surface area (Å²) in [5.41, 5.74) is 8.80. The van der Waals surface area contributed by atoms with Gasteiger partial charge in [-0.25, -0.2) is 0 Å². The first-order valence-electron chi connectivity index (χ1n) is 6.64. The predicted octanol–water partition coefficient (Wildman–Crippen LogP) is 2.49. The highest BCUT2D eigenvalue weighted by Crippen LogP contribution is 2.46. The van der Waals surface area contributed by atoms with E-state index in [4.69, 9.17) is 5.73 Å². The molecule has 2 N–H and O–H groups in total. The molecule has 1 fully saturated rings. The van der Waals surface area contributed by atoms with Gasteiger partial charge in [-0.2, -0.15) is 5.10 Å². The van der Waals surface area contributed by atoms with Gasteiger partial charge in [0.15, 0.2) is 0 Å². The van der Waals surface area contributed by atoms with Gasteiger partial charge in [-0.05, 0) is 31.9 Å². The Hall–Kier alpha value is -0.830. The molecule has 1 saturated carbocycles. The highest BCUT2D eigenvalue weighted by Gasteiger charge is 2.40. The van der Waals surface area contributed by atoms with Gasteiger partial charge in [-0.3, -0.25) is 4.68 Å². The summed E-state index contributed by atoms with van der Waals surface area (Å²) in [6, 6.07) is 2.30. The Bertz CT molecular complexity index is 394. The van der Waals surface area contributed by atoms with Crippen molar-refractivity contribution in [2.45, 2.75) is 57.3 Å². The molecule has 1 aliphatic rings. The maximum Gasteiger partial charge on any atom is 0.0680 e. The van der Waals surface area contributed by atoms with Gasteiger partial charge in [0.25, 0.3) is 0 Å². The lowest BCUT2D eigenvalue weighted by atomic mass is 9.64. The normalized spacial score (nSPS) is 19.1. The van der Waals surface area contributed by atoms with Gasteiger partial charge in [0, 0.05) is 23.6 Å². The molecule has 0 radical (unpaired) electrons. The van der Waals surface area contributed by atoms with Crippen LogP contribution in [0.15, 0.2) is 6.07 Å². The summed E-state index contributed by atoms with van der Waals surface area (Å²) in [4.78, 5) is 0. The number of hydrogen-bond donors (Lipinski definition) is 1. The third-order valence-electron chi connectivity index (χ3n) is 4.13. The van der Waals surface area contributed by atoms with E-state index in [0.717, 1.165) is 13.0 Å².